The maximum Gasteiger partial charge on any atom is 0.137 e. The molecule has 104 valence electrons. The normalized spacial score (nSPS) is 29.8. The van der Waals surface area contributed by atoms with Gasteiger partial charge in [0.2, 0.25) is 0 Å². The summed E-state index contributed by atoms with van der Waals surface area (Å²) in [6.07, 6.45) is 8.27. The van der Waals surface area contributed by atoms with E-state index in [4.69, 9.17) is 4.74 Å². The molecule has 3 heteroatoms. The quantitative estimate of drug-likeness (QED) is 0.705. The summed E-state index contributed by atoms with van der Waals surface area (Å²) < 4.78 is 5.70. The van der Waals surface area contributed by atoms with E-state index in [1.807, 2.05) is 0 Å². The molecule has 2 rings (SSSR count). The fourth-order valence-electron chi connectivity index (χ4n) is 3.15. The highest BCUT2D eigenvalue weighted by Crippen LogP contribution is 2.22. The van der Waals surface area contributed by atoms with Gasteiger partial charge in [-0.15, -0.1) is 0 Å². The summed E-state index contributed by atoms with van der Waals surface area (Å²) in [7, 11) is 0. The number of ketones is 1. The highest BCUT2D eigenvalue weighted by Gasteiger charge is 2.25. The molecule has 1 aliphatic heterocycles. The second-order valence-electron chi connectivity index (χ2n) is 5.75. The summed E-state index contributed by atoms with van der Waals surface area (Å²) in [6.45, 7) is 6.11. The van der Waals surface area contributed by atoms with Gasteiger partial charge in [0.25, 0.3) is 0 Å². The van der Waals surface area contributed by atoms with Crippen molar-refractivity contribution in [1.29, 1.82) is 0 Å². The van der Waals surface area contributed by atoms with E-state index < -0.39 is 0 Å². The van der Waals surface area contributed by atoms with Crippen LogP contribution in [0.4, 0.5) is 0 Å². The lowest BCUT2D eigenvalue weighted by atomic mass is 9.98. The topological polar surface area (TPSA) is 29.5 Å². The number of Topliss-reactive ketones (excluding diaryl/α,β-unsaturated/α-hetero) is 1. The van der Waals surface area contributed by atoms with Crippen LogP contribution in [-0.4, -0.2) is 43.0 Å². The predicted molar refractivity (Wildman–Crippen MR) is 72.7 cm³/mol. The first-order chi connectivity index (χ1) is 8.79. The highest BCUT2D eigenvalue weighted by molar-refractivity contribution is 5.81. The molecule has 0 spiro atoms. The van der Waals surface area contributed by atoms with Crippen LogP contribution in [-0.2, 0) is 9.53 Å². The monoisotopic (exact) mass is 253 g/mol. The van der Waals surface area contributed by atoms with Gasteiger partial charge in [-0.1, -0.05) is 19.8 Å². The molecular formula is C15H27NO2. The van der Waals surface area contributed by atoms with Crippen LogP contribution in [0.5, 0.6) is 0 Å². The average Bonchev–Trinajstić information content (AvgIpc) is 2.80. The van der Waals surface area contributed by atoms with Crippen LogP contribution in [0, 0.1) is 5.92 Å². The molecule has 2 fully saturated rings. The molecule has 0 radical (unpaired) electrons. The third kappa shape index (κ3) is 4.06. The lowest BCUT2D eigenvalue weighted by Crippen LogP contribution is -2.37. The number of hydrogen-bond donors (Lipinski definition) is 0. The van der Waals surface area contributed by atoms with E-state index in [-0.39, 0.29) is 5.92 Å². The van der Waals surface area contributed by atoms with Crippen molar-refractivity contribution in [2.75, 3.05) is 26.2 Å². The zero-order chi connectivity index (χ0) is 12.8. The number of likely N-dealkylation sites (N-methyl/N-ethyl adjacent to an activating group) is 1. The Morgan fingerprint density at radius 1 is 1.17 bits per heavy atom. The third-order valence-electron chi connectivity index (χ3n) is 4.34. The number of carbonyl (C=O) groups is 1. The summed E-state index contributed by atoms with van der Waals surface area (Å²) in [4.78, 5) is 14.5. The summed E-state index contributed by atoms with van der Waals surface area (Å²) >= 11 is 0. The predicted octanol–water partition coefficient (Wildman–Crippen LogP) is 2.64. The molecule has 1 saturated heterocycles. The zero-order valence-electron chi connectivity index (χ0n) is 11.7. The molecule has 18 heavy (non-hydrogen) atoms. The van der Waals surface area contributed by atoms with E-state index in [0.29, 0.717) is 11.9 Å². The largest absolute Gasteiger partial charge is 0.377 e. The van der Waals surface area contributed by atoms with E-state index in [9.17, 15) is 4.79 Å². The average molecular weight is 253 g/mol. The minimum absolute atomic E-state index is 0.286. The van der Waals surface area contributed by atoms with Crippen molar-refractivity contribution in [3.63, 3.8) is 0 Å². The zero-order valence-corrected chi connectivity index (χ0v) is 11.7. The Hall–Kier alpha value is -0.410. The van der Waals surface area contributed by atoms with Crippen LogP contribution in [0.1, 0.15) is 51.9 Å². The molecule has 2 atom stereocenters. The Kier molecular flexibility index (Phi) is 5.64. The summed E-state index contributed by atoms with van der Waals surface area (Å²) in [5.41, 5.74) is 0. The second-order valence-corrected chi connectivity index (χ2v) is 5.75. The Bertz CT molecular complexity index is 261. The van der Waals surface area contributed by atoms with Crippen LogP contribution in [0.25, 0.3) is 0 Å². The lowest BCUT2D eigenvalue weighted by molar-refractivity contribution is -0.123. The number of hydrogen-bond acceptors (Lipinski definition) is 3. The van der Waals surface area contributed by atoms with Crippen molar-refractivity contribution < 1.29 is 9.53 Å². The van der Waals surface area contributed by atoms with Gasteiger partial charge >= 0.3 is 0 Å². The number of ether oxygens (including phenoxy) is 1. The molecule has 1 heterocycles. The van der Waals surface area contributed by atoms with E-state index >= 15 is 0 Å². The molecule has 0 aromatic rings. The van der Waals surface area contributed by atoms with Crippen LogP contribution in [0.15, 0.2) is 0 Å². The van der Waals surface area contributed by atoms with Gasteiger partial charge < -0.3 is 9.64 Å². The summed E-state index contributed by atoms with van der Waals surface area (Å²) in [5, 5.41) is 0. The van der Waals surface area contributed by atoms with Gasteiger partial charge in [-0.2, -0.15) is 0 Å². The molecular weight excluding hydrogens is 226 g/mol. The fourth-order valence-corrected chi connectivity index (χ4v) is 3.15. The molecule has 0 aromatic carbocycles. The van der Waals surface area contributed by atoms with Crippen LogP contribution >= 0.6 is 0 Å². The Morgan fingerprint density at radius 2 is 2.06 bits per heavy atom. The van der Waals surface area contributed by atoms with E-state index in [0.717, 1.165) is 45.5 Å². The Balaban J connectivity index is 1.81. The molecule has 1 saturated carbocycles. The summed E-state index contributed by atoms with van der Waals surface area (Å²) in [6, 6.07) is 0. The number of carbonyl (C=O) groups excluding carboxylic acids is 1. The van der Waals surface area contributed by atoms with Crippen molar-refractivity contribution in [2.45, 2.75) is 58.0 Å². The molecule has 0 N–H and O–H groups in total. The molecule has 0 bridgehead atoms. The minimum Gasteiger partial charge on any atom is -0.377 e. The third-order valence-corrected chi connectivity index (χ3v) is 4.34. The summed E-state index contributed by atoms with van der Waals surface area (Å²) in [5.74, 6) is 0.784. The molecule has 3 nitrogen and oxygen atoms in total. The number of rotatable bonds is 5. The van der Waals surface area contributed by atoms with Gasteiger partial charge in [0.05, 0.1) is 6.10 Å². The van der Waals surface area contributed by atoms with E-state index in [1.165, 1.54) is 25.7 Å². The molecule has 2 aliphatic rings. The van der Waals surface area contributed by atoms with Crippen molar-refractivity contribution in [3.8, 4) is 0 Å². The maximum absolute atomic E-state index is 12.0. The van der Waals surface area contributed by atoms with Gasteiger partial charge in [-0.25, -0.2) is 0 Å². The van der Waals surface area contributed by atoms with Crippen LogP contribution < -0.4 is 0 Å². The van der Waals surface area contributed by atoms with Crippen molar-refractivity contribution in [1.82, 2.24) is 4.90 Å². The lowest BCUT2D eigenvalue weighted by Gasteiger charge is -2.27. The van der Waals surface area contributed by atoms with Gasteiger partial charge in [-0.05, 0) is 32.2 Å². The van der Waals surface area contributed by atoms with Gasteiger partial charge in [0, 0.05) is 32.0 Å². The van der Waals surface area contributed by atoms with E-state index in [2.05, 4.69) is 11.8 Å². The molecule has 2 unspecified atom stereocenters. The first-order valence-electron chi connectivity index (χ1n) is 7.66. The SMILES string of the molecule is CCN(CC1CCCO1)CC1CCCCCC1=O. The fraction of sp³-hybridized carbons (Fsp3) is 0.933. The Morgan fingerprint density at radius 3 is 2.78 bits per heavy atom. The maximum atomic E-state index is 12.0. The molecule has 0 aromatic heterocycles. The Labute approximate surface area is 111 Å². The first-order valence-corrected chi connectivity index (χ1v) is 7.66. The van der Waals surface area contributed by atoms with E-state index in [1.54, 1.807) is 0 Å². The highest BCUT2D eigenvalue weighted by atomic mass is 16.5. The van der Waals surface area contributed by atoms with Crippen molar-refractivity contribution >= 4 is 5.78 Å². The van der Waals surface area contributed by atoms with Crippen LogP contribution in [0.3, 0.4) is 0 Å². The standard InChI is InChI=1S/C15H27NO2/c1-2-16(12-14-8-6-10-18-14)11-13-7-4-3-5-9-15(13)17/h13-14H,2-12H2,1H3. The second kappa shape index (κ2) is 7.25. The van der Waals surface area contributed by atoms with Gasteiger partial charge in [-0.3, -0.25) is 4.79 Å². The molecule has 0 amide bonds. The van der Waals surface area contributed by atoms with Gasteiger partial charge in [0.15, 0.2) is 0 Å². The number of nitrogens with zero attached hydrogens (tertiary/aromatic N) is 1. The van der Waals surface area contributed by atoms with Gasteiger partial charge in [0.1, 0.15) is 5.78 Å². The minimum atomic E-state index is 0.286. The van der Waals surface area contributed by atoms with Crippen molar-refractivity contribution in [2.24, 2.45) is 5.92 Å². The van der Waals surface area contributed by atoms with Crippen LogP contribution in [0.2, 0.25) is 0 Å². The smallest absolute Gasteiger partial charge is 0.137 e. The first kappa shape index (κ1) is 14.0. The molecule has 1 aliphatic carbocycles. The van der Waals surface area contributed by atoms with Crippen molar-refractivity contribution in [3.05, 3.63) is 0 Å².